The van der Waals surface area contributed by atoms with Crippen LogP contribution in [0.3, 0.4) is 0 Å². The number of phenols is 1. The Morgan fingerprint density at radius 3 is 2.60 bits per heavy atom. The second kappa shape index (κ2) is 10.8. The van der Waals surface area contributed by atoms with Gasteiger partial charge in [-0.2, -0.15) is 0 Å². The molecule has 2 N–H and O–H groups in total. The molecule has 0 saturated carbocycles. The predicted octanol–water partition coefficient (Wildman–Crippen LogP) is 7.44. The number of hydrogen-bond donors (Lipinski definition) is 2. The number of fused-ring (bicyclic) bond motifs is 1. The number of nitrogens with one attached hydrogen (secondary N) is 1. The molecule has 0 spiro atoms. The first-order chi connectivity index (χ1) is 17.2. The zero-order chi connectivity index (χ0) is 24.0. The lowest BCUT2D eigenvalue weighted by Gasteiger charge is -2.17. The molecule has 1 aliphatic heterocycles. The lowest BCUT2D eigenvalue weighted by molar-refractivity contribution is 0.283. The second-order valence-electron chi connectivity index (χ2n) is 9.07. The summed E-state index contributed by atoms with van der Waals surface area (Å²) in [5.74, 6) is 1.95. The van der Waals surface area contributed by atoms with Crippen molar-refractivity contribution in [2.45, 2.75) is 38.1 Å². The van der Waals surface area contributed by atoms with E-state index in [0.29, 0.717) is 24.1 Å². The SMILES string of the molecule is Oc1ccc2c(Oc3ccc(OCCC4CCCCCN4)cc3)c(-c3cccc(F)c3)ccc2c1. The Kier molecular flexibility index (Phi) is 7.15. The van der Waals surface area contributed by atoms with Crippen LogP contribution in [-0.4, -0.2) is 24.3 Å². The molecule has 1 unspecified atom stereocenters. The molecule has 0 bridgehead atoms. The molecule has 1 heterocycles. The summed E-state index contributed by atoms with van der Waals surface area (Å²) in [4.78, 5) is 0. The summed E-state index contributed by atoms with van der Waals surface area (Å²) in [7, 11) is 0. The summed E-state index contributed by atoms with van der Waals surface area (Å²) in [6.45, 7) is 1.77. The van der Waals surface area contributed by atoms with E-state index in [-0.39, 0.29) is 11.6 Å². The molecule has 0 aromatic heterocycles. The van der Waals surface area contributed by atoms with Crippen molar-refractivity contribution in [1.29, 1.82) is 0 Å². The summed E-state index contributed by atoms with van der Waals surface area (Å²) in [6.07, 6.45) is 6.07. The molecule has 1 saturated heterocycles. The molecule has 4 aromatic carbocycles. The summed E-state index contributed by atoms with van der Waals surface area (Å²) in [5.41, 5.74) is 1.50. The van der Waals surface area contributed by atoms with Crippen LogP contribution in [-0.2, 0) is 0 Å². The standard InChI is InChI=1S/C30H30FNO3/c31-23-6-4-5-21(19-23)28-14-8-22-20-25(33)9-15-29(22)30(28)35-27-12-10-26(11-13-27)34-18-16-24-7-2-1-3-17-32-24/h4-6,8-15,19-20,24,32-33H,1-3,7,16-18H2. The van der Waals surface area contributed by atoms with Crippen LogP contribution in [0.15, 0.2) is 78.9 Å². The van der Waals surface area contributed by atoms with Crippen molar-refractivity contribution < 1.29 is 19.0 Å². The smallest absolute Gasteiger partial charge is 0.143 e. The molecule has 5 heteroatoms. The van der Waals surface area contributed by atoms with Crippen molar-refractivity contribution in [3.05, 3.63) is 84.7 Å². The van der Waals surface area contributed by atoms with Crippen LogP contribution in [0, 0.1) is 5.82 Å². The normalized spacial score (nSPS) is 16.1. The maximum atomic E-state index is 14.0. The van der Waals surface area contributed by atoms with Crippen LogP contribution in [0.5, 0.6) is 23.0 Å². The van der Waals surface area contributed by atoms with E-state index in [1.54, 1.807) is 18.2 Å². The summed E-state index contributed by atoms with van der Waals surface area (Å²) in [6, 6.07) is 23.5. The third-order valence-corrected chi connectivity index (χ3v) is 6.53. The van der Waals surface area contributed by atoms with Gasteiger partial charge in [0.2, 0.25) is 0 Å². The van der Waals surface area contributed by atoms with Crippen LogP contribution < -0.4 is 14.8 Å². The maximum Gasteiger partial charge on any atom is 0.143 e. The van der Waals surface area contributed by atoms with Crippen LogP contribution in [0.25, 0.3) is 21.9 Å². The molecule has 0 radical (unpaired) electrons. The fourth-order valence-electron chi connectivity index (χ4n) is 4.67. The highest BCUT2D eigenvalue weighted by atomic mass is 19.1. The van der Waals surface area contributed by atoms with Gasteiger partial charge in [-0.05, 0) is 97.4 Å². The van der Waals surface area contributed by atoms with E-state index in [1.165, 1.54) is 37.8 Å². The topological polar surface area (TPSA) is 50.7 Å². The molecule has 0 aliphatic carbocycles. The molecule has 4 aromatic rings. The Bertz CT molecular complexity index is 1280. The zero-order valence-corrected chi connectivity index (χ0v) is 19.7. The Labute approximate surface area is 205 Å². The van der Waals surface area contributed by atoms with E-state index in [2.05, 4.69) is 5.32 Å². The fraction of sp³-hybridized carbons (Fsp3) is 0.267. The Hall–Kier alpha value is -3.57. The third kappa shape index (κ3) is 5.75. The van der Waals surface area contributed by atoms with E-state index in [4.69, 9.17) is 9.47 Å². The minimum absolute atomic E-state index is 0.183. The van der Waals surface area contributed by atoms with Gasteiger partial charge in [-0.3, -0.25) is 0 Å². The first-order valence-corrected chi connectivity index (χ1v) is 12.3. The van der Waals surface area contributed by atoms with Gasteiger partial charge < -0.3 is 19.9 Å². The van der Waals surface area contributed by atoms with Crippen molar-refractivity contribution in [3.63, 3.8) is 0 Å². The number of ether oxygens (including phenoxy) is 2. The number of halogens is 1. The fourth-order valence-corrected chi connectivity index (χ4v) is 4.67. The van der Waals surface area contributed by atoms with Crippen LogP contribution in [0.2, 0.25) is 0 Å². The molecular formula is C30H30FNO3. The third-order valence-electron chi connectivity index (χ3n) is 6.53. The van der Waals surface area contributed by atoms with Gasteiger partial charge >= 0.3 is 0 Å². The Morgan fingerprint density at radius 1 is 0.886 bits per heavy atom. The molecule has 180 valence electrons. The number of rotatable bonds is 7. The van der Waals surface area contributed by atoms with Crippen molar-refractivity contribution in [2.75, 3.05) is 13.2 Å². The first kappa shape index (κ1) is 23.2. The van der Waals surface area contributed by atoms with Gasteiger partial charge in [0, 0.05) is 17.0 Å². The second-order valence-corrected chi connectivity index (χ2v) is 9.07. The monoisotopic (exact) mass is 471 g/mol. The molecule has 1 atom stereocenters. The zero-order valence-electron chi connectivity index (χ0n) is 19.7. The van der Waals surface area contributed by atoms with Crippen LogP contribution in [0.1, 0.15) is 32.1 Å². The van der Waals surface area contributed by atoms with Gasteiger partial charge in [-0.15, -0.1) is 0 Å². The van der Waals surface area contributed by atoms with E-state index >= 15 is 0 Å². The minimum atomic E-state index is -0.306. The van der Waals surface area contributed by atoms with Crippen LogP contribution >= 0.6 is 0 Å². The molecular weight excluding hydrogens is 441 g/mol. The number of aromatic hydroxyl groups is 1. The number of benzene rings is 4. The molecule has 5 rings (SSSR count). The summed E-state index contributed by atoms with van der Waals surface area (Å²) >= 11 is 0. The highest BCUT2D eigenvalue weighted by Crippen LogP contribution is 2.41. The lowest BCUT2D eigenvalue weighted by atomic mass is 9.99. The van der Waals surface area contributed by atoms with Gasteiger partial charge in [-0.1, -0.05) is 31.0 Å². The number of hydrogen-bond acceptors (Lipinski definition) is 4. The molecule has 35 heavy (non-hydrogen) atoms. The average molecular weight is 472 g/mol. The highest BCUT2D eigenvalue weighted by Gasteiger charge is 2.14. The molecule has 1 fully saturated rings. The Morgan fingerprint density at radius 2 is 1.74 bits per heavy atom. The average Bonchev–Trinajstić information content (AvgIpc) is 3.14. The van der Waals surface area contributed by atoms with E-state index < -0.39 is 0 Å². The van der Waals surface area contributed by atoms with E-state index in [9.17, 15) is 9.50 Å². The van der Waals surface area contributed by atoms with E-state index in [1.807, 2.05) is 48.5 Å². The molecule has 4 nitrogen and oxygen atoms in total. The predicted molar refractivity (Wildman–Crippen MR) is 138 cm³/mol. The largest absolute Gasteiger partial charge is 0.508 e. The van der Waals surface area contributed by atoms with Crippen molar-refractivity contribution in [2.24, 2.45) is 0 Å². The van der Waals surface area contributed by atoms with Gasteiger partial charge in [0.15, 0.2) is 0 Å². The first-order valence-electron chi connectivity index (χ1n) is 12.3. The Balaban J connectivity index is 1.35. The summed E-state index contributed by atoms with van der Waals surface area (Å²) in [5, 5.41) is 15.2. The minimum Gasteiger partial charge on any atom is -0.508 e. The highest BCUT2D eigenvalue weighted by molar-refractivity contribution is 5.96. The number of phenolic OH excluding ortho intramolecular Hbond substituents is 1. The maximum absolute atomic E-state index is 14.0. The van der Waals surface area contributed by atoms with Gasteiger partial charge in [-0.25, -0.2) is 4.39 Å². The van der Waals surface area contributed by atoms with Crippen molar-refractivity contribution in [3.8, 4) is 34.1 Å². The molecule has 0 amide bonds. The lowest BCUT2D eigenvalue weighted by Crippen LogP contribution is -2.29. The quantitative estimate of drug-likeness (QED) is 0.294. The molecule has 1 aliphatic rings. The van der Waals surface area contributed by atoms with E-state index in [0.717, 1.165) is 40.6 Å². The summed E-state index contributed by atoms with van der Waals surface area (Å²) < 4.78 is 26.3. The van der Waals surface area contributed by atoms with Gasteiger partial charge in [0.25, 0.3) is 0 Å². The van der Waals surface area contributed by atoms with Crippen molar-refractivity contribution in [1.82, 2.24) is 5.32 Å². The van der Waals surface area contributed by atoms with Gasteiger partial charge in [0.05, 0.1) is 6.61 Å². The van der Waals surface area contributed by atoms with Crippen molar-refractivity contribution >= 4 is 10.8 Å². The van der Waals surface area contributed by atoms with Gasteiger partial charge in [0.1, 0.15) is 28.8 Å². The van der Waals surface area contributed by atoms with Crippen LogP contribution in [0.4, 0.5) is 4.39 Å².